The van der Waals surface area contributed by atoms with Crippen LogP contribution >= 0.6 is 0 Å². The van der Waals surface area contributed by atoms with Crippen molar-refractivity contribution in [2.45, 2.75) is 44.7 Å². The third-order valence-corrected chi connectivity index (χ3v) is 8.98. The Morgan fingerprint density at radius 3 is 1.72 bits per heavy atom. The fraction of sp³-hybridized carbons (Fsp3) is 0.296. The second-order valence-electron chi connectivity index (χ2n) is 9.31. The first-order valence-electron chi connectivity index (χ1n) is 11.5. The van der Waals surface area contributed by atoms with Crippen LogP contribution in [0, 0.1) is 0 Å². The number of benzene rings is 3. The first-order valence-corrected chi connectivity index (χ1v) is 13.3. The highest BCUT2D eigenvalue weighted by atomic mass is 28.4. The average molecular weight is 518 g/mol. The third kappa shape index (κ3) is 7.04. The monoisotopic (exact) mass is 517 g/mol. The van der Waals surface area contributed by atoms with E-state index in [9.17, 15) is 23.1 Å². The quantitative estimate of drug-likeness (QED) is 0.423. The highest BCUT2D eigenvalue weighted by Crippen LogP contribution is 2.24. The molecule has 0 saturated carbocycles. The van der Waals surface area contributed by atoms with Crippen LogP contribution in [0.3, 0.4) is 0 Å². The molecule has 0 aliphatic carbocycles. The van der Waals surface area contributed by atoms with Gasteiger partial charge in [0.15, 0.2) is 0 Å². The van der Waals surface area contributed by atoms with E-state index in [1.807, 2.05) is 86.8 Å². The Hall–Kier alpha value is -2.98. The lowest BCUT2D eigenvalue weighted by Crippen LogP contribution is -2.67. The molecule has 36 heavy (non-hydrogen) atoms. The maximum absolute atomic E-state index is 13.2. The molecule has 0 saturated heterocycles. The minimum Gasteiger partial charge on any atom is -0.386 e. The van der Waals surface area contributed by atoms with Gasteiger partial charge < -0.3 is 19.3 Å². The summed E-state index contributed by atoms with van der Waals surface area (Å²) in [6.45, 7) is 5.17. The van der Waals surface area contributed by atoms with Crippen molar-refractivity contribution in [1.82, 2.24) is 5.32 Å². The molecule has 0 fully saturated rings. The number of aliphatic hydroxyl groups excluding tert-OH is 1. The Morgan fingerprint density at radius 1 is 0.861 bits per heavy atom. The molecule has 2 N–H and O–H groups in total. The molecule has 0 radical (unpaired) electrons. The molecule has 0 heterocycles. The highest BCUT2D eigenvalue weighted by molar-refractivity contribution is 6.92. The van der Waals surface area contributed by atoms with Crippen molar-refractivity contribution in [1.29, 1.82) is 0 Å². The second kappa shape index (κ2) is 11.4. The fourth-order valence-corrected chi connectivity index (χ4v) is 7.28. The van der Waals surface area contributed by atoms with Crippen LogP contribution in [0.15, 0.2) is 91.0 Å². The molecule has 0 aromatic heterocycles. The van der Waals surface area contributed by atoms with E-state index in [2.05, 4.69) is 0 Å². The number of alkyl halides is 3. The van der Waals surface area contributed by atoms with E-state index in [0.29, 0.717) is 5.56 Å². The van der Waals surface area contributed by atoms with Gasteiger partial charge >= 0.3 is 20.6 Å². The molecule has 1 unspecified atom stereocenters. The molecule has 0 bridgehead atoms. The van der Waals surface area contributed by atoms with Crippen molar-refractivity contribution in [3.05, 3.63) is 96.6 Å². The van der Waals surface area contributed by atoms with Gasteiger partial charge in [-0.05, 0) is 36.7 Å². The Bertz CT molecular complexity index is 1070. The standard InChI is InChI=1S/C27H30F3NO4Si/c1-26(2,3)35-36(21-15-9-5-10-16-21,22-17-11-6-12-18-22)34-19-23(31-25(33)27(28,29)30)24(32)20-13-7-4-8-14-20/h4-18,23-24,32H,19H2,1-3H3,(H,31,33)/t23?,24-/m0/s1. The first kappa shape index (κ1) is 27.6. The molecule has 0 aliphatic rings. The topological polar surface area (TPSA) is 67.8 Å². The first-order chi connectivity index (χ1) is 16.9. The van der Waals surface area contributed by atoms with Gasteiger partial charge in [0.25, 0.3) is 0 Å². The van der Waals surface area contributed by atoms with Gasteiger partial charge in [-0.15, -0.1) is 0 Å². The number of carbonyl (C=O) groups is 1. The summed E-state index contributed by atoms with van der Waals surface area (Å²) in [5.74, 6) is -2.16. The molecule has 0 aliphatic heterocycles. The average Bonchev–Trinajstić information content (AvgIpc) is 2.85. The van der Waals surface area contributed by atoms with Gasteiger partial charge in [-0.25, -0.2) is 0 Å². The number of hydrogen-bond donors (Lipinski definition) is 2. The second-order valence-corrected chi connectivity index (χ2v) is 12.2. The molecule has 3 rings (SSSR count). The summed E-state index contributed by atoms with van der Waals surface area (Å²) in [6.07, 6.45) is -6.57. The summed E-state index contributed by atoms with van der Waals surface area (Å²) >= 11 is 0. The number of amides is 1. The number of halogens is 3. The van der Waals surface area contributed by atoms with Crippen LogP contribution in [-0.2, 0) is 13.6 Å². The lowest BCUT2D eigenvalue weighted by atomic mass is 10.0. The molecule has 5 nitrogen and oxygen atoms in total. The molecule has 3 aromatic carbocycles. The zero-order chi connectivity index (χ0) is 26.4. The molecule has 2 atom stereocenters. The summed E-state index contributed by atoms with van der Waals surface area (Å²) < 4.78 is 52.5. The van der Waals surface area contributed by atoms with Crippen molar-refractivity contribution in [2.75, 3.05) is 6.61 Å². The molecular weight excluding hydrogens is 487 g/mol. The normalized spacial score (nSPS) is 14.2. The maximum atomic E-state index is 13.2. The van der Waals surface area contributed by atoms with E-state index in [1.54, 1.807) is 30.3 Å². The number of nitrogens with one attached hydrogen (secondary N) is 1. The van der Waals surface area contributed by atoms with Gasteiger partial charge in [-0.1, -0.05) is 91.0 Å². The number of carbonyl (C=O) groups excluding carboxylic acids is 1. The van der Waals surface area contributed by atoms with Crippen LogP contribution < -0.4 is 15.7 Å². The Balaban J connectivity index is 2.06. The molecule has 192 valence electrons. The summed E-state index contributed by atoms with van der Waals surface area (Å²) in [7, 11) is -3.53. The zero-order valence-corrected chi connectivity index (χ0v) is 21.3. The highest BCUT2D eigenvalue weighted by Gasteiger charge is 2.47. The van der Waals surface area contributed by atoms with Crippen LogP contribution in [-0.4, -0.2) is 44.0 Å². The van der Waals surface area contributed by atoms with Crippen LogP contribution in [0.5, 0.6) is 0 Å². The number of hydrogen-bond acceptors (Lipinski definition) is 4. The van der Waals surface area contributed by atoms with Crippen molar-refractivity contribution in [3.63, 3.8) is 0 Å². The van der Waals surface area contributed by atoms with E-state index in [4.69, 9.17) is 8.85 Å². The van der Waals surface area contributed by atoms with Gasteiger partial charge in [0.2, 0.25) is 0 Å². The SMILES string of the molecule is CC(C)(C)O[Si](OCC(NC(=O)C(F)(F)F)[C@@H](O)c1ccccc1)(c1ccccc1)c1ccccc1. The van der Waals surface area contributed by atoms with Gasteiger partial charge in [0.05, 0.1) is 18.2 Å². The zero-order valence-electron chi connectivity index (χ0n) is 20.3. The van der Waals surface area contributed by atoms with Crippen LogP contribution in [0.1, 0.15) is 32.4 Å². The summed E-state index contributed by atoms with van der Waals surface area (Å²) in [4.78, 5) is 11.9. The molecular formula is C27H30F3NO4Si. The van der Waals surface area contributed by atoms with Crippen molar-refractivity contribution < 1.29 is 31.9 Å². The lowest BCUT2D eigenvalue weighted by Gasteiger charge is -2.39. The maximum Gasteiger partial charge on any atom is 0.471 e. The summed E-state index contributed by atoms with van der Waals surface area (Å²) in [6, 6.07) is 25.2. The van der Waals surface area contributed by atoms with Gasteiger partial charge in [0.1, 0.15) is 6.10 Å². The fourth-order valence-electron chi connectivity index (χ4n) is 3.78. The minimum atomic E-state index is -5.12. The summed E-state index contributed by atoms with van der Waals surface area (Å²) in [5, 5.41) is 14.4. The van der Waals surface area contributed by atoms with Crippen LogP contribution in [0.4, 0.5) is 13.2 Å². The van der Waals surface area contributed by atoms with Gasteiger partial charge in [-0.2, -0.15) is 13.2 Å². The Morgan fingerprint density at radius 2 is 1.31 bits per heavy atom. The van der Waals surface area contributed by atoms with E-state index in [0.717, 1.165) is 10.4 Å². The minimum absolute atomic E-state index is 0.344. The summed E-state index contributed by atoms with van der Waals surface area (Å²) in [5.41, 5.74) is -0.335. The Kier molecular flexibility index (Phi) is 8.73. The third-order valence-electron chi connectivity index (χ3n) is 5.32. The number of rotatable bonds is 9. The molecule has 9 heteroatoms. The van der Waals surface area contributed by atoms with E-state index in [1.165, 1.54) is 0 Å². The predicted molar refractivity (Wildman–Crippen MR) is 134 cm³/mol. The van der Waals surface area contributed by atoms with Crippen LogP contribution in [0.2, 0.25) is 0 Å². The molecule has 3 aromatic rings. The van der Waals surface area contributed by atoms with Crippen molar-refractivity contribution in [3.8, 4) is 0 Å². The van der Waals surface area contributed by atoms with E-state index in [-0.39, 0.29) is 0 Å². The Labute approximate surface area is 210 Å². The van der Waals surface area contributed by atoms with Crippen LogP contribution in [0.25, 0.3) is 0 Å². The molecule has 1 amide bonds. The van der Waals surface area contributed by atoms with Gasteiger partial charge in [0, 0.05) is 0 Å². The van der Waals surface area contributed by atoms with Crippen molar-refractivity contribution >= 4 is 24.8 Å². The largest absolute Gasteiger partial charge is 0.471 e. The predicted octanol–water partition coefficient (Wildman–Crippen LogP) is 3.86. The van der Waals surface area contributed by atoms with Gasteiger partial charge in [-0.3, -0.25) is 4.79 Å². The number of aliphatic hydroxyl groups is 1. The molecule has 0 spiro atoms. The lowest BCUT2D eigenvalue weighted by molar-refractivity contribution is -0.175. The van der Waals surface area contributed by atoms with Crippen molar-refractivity contribution in [2.24, 2.45) is 0 Å². The van der Waals surface area contributed by atoms with E-state index >= 15 is 0 Å². The smallest absolute Gasteiger partial charge is 0.386 e. The van der Waals surface area contributed by atoms with E-state index < -0.39 is 45.0 Å².